The predicted octanol–water partition coefficient (Wildman–Crippen LogP) is 2.63. The number of fused-ring (bicyclic) bond motifs is 1. The molecule has 7 rings (SSSR count). The predicted molar refractivity (Wildman–Crippen MR) is 205 cm³/mol. The first-order valence-electron chi connectivity index (χ1n) is 16.8. The van der Waals surface area contributed by atoms with Crippen molar-refractivity contribution in [3.8, 4) is 5.75 Å². The van der Waals surface area contributed by atoms with Crippen LogP contribution in [-0.2, 0) is 32.1 Å². The Bertz CT molecular complexity index is 1940. The summed E-state index contributed by atoms with van der Waals surface area (Å²) in [5.74, 6) is 0.101. The SMILES string of the molecule is COc1ccc(COC(=O)C2=C(C[P+](c3ccccc3)(c3ccccc3)c3ccccc3)CS[C@@H]3C(NC(=O)Cc4ccccc4)C(=O)N23)cc1.[I-]. The van der Waals surface area contributed by atoms with Crippen LogP contribution in [0.15, 0.2) is 157 Å². The number of methoxy groups -OCH3 is 1. The van der Waals surface area contributed by atoms with E-state index in [1.54, 1.807) is 23.8 Å². The average molecular weight is 841 g/mol. The van der Waals surface area contributed by atoms with Crippen LogP contribution >= 0.6 is 19.0 Å². The Labute approximate surface area is 326 Å². The van der Waals surface area contributed by atoms with E-state index in [0.717, 1.165) is 16.7 Å². The number of carbonyl (C=O) groups excluding carboxylic acids is 3. The molecule has 10 heteroatoms. The molecule has 1 unspecified atom stereocenters. The number of nitrogens with zero attached hydrogens (tertiary/aromatic N) is 1. The molecule has 1 N–H and O–H groups in total. The number of rotatable bonds is 12. The molecule has 1 saturated heterocycles. The summed E-state index contributed by atoms with van der Waals surface area (Å²) in [4.78, 5) is 43.0. The zero-order chi connectivity index (χ0) is 35.2. The summed E-state index contributed by atoms with van der Waals surface area (Å²) in [7, 11) is -0.802. The average Bonchev–Trinajstić information content (AvgIpc) is 3.19. The minimum Gasteiger partial charge on any atom is -1.00 e. The van der Waals surface area contributed by atoms with Crippen molar-refractivity contribution in [1.29, 1.82) is 0 Å². The van der Waals surface area contributed by atoms with Crippen LogP contribution in [-0.4, -0.2) is 53.1 Å². The van der Waals surface area contributed by atoms with Crippen LogP contribution < -0.4 is 49.9 Å². The molecule has 0 bridgehead atoms. The van der Waals surface area contributed by atoms with Gasteiger partial charge in [0.2, 0.25) is 5.91 Å². The first kappa shape index (κ1) is 37.3. The van der Waals surface area contributed by atoms with Crippen molar-refractivity contribution in [2.75, 3.05) is 19.0 Å². The molecule has 0 radical (unpaired) electrons. The maximum absolute atomic E-state index is 14.3. The van der Waals surface area contributed by atoms with Crippen LogP contribution in [0.3, 0.4) is 0 Å². The number of hydrogen-bond acceptors (Lipinski definition) is 6. The molecule has 2 aliphatic rings. The molecule has 264 valence electrons. The largest absolute Gasteiger partial charge is 1.00 e. The minimum absolute atomic E-state index is 0. The number of thioether (sulfide) groups is 1. The standard InChI is InChI=1S/C42H37N2O5PS.HI/c1-48-33-24-22-31(23-25-33)27-49-42(47)39-32(29-51-41-38(40(46)44(39)41)43-37(45)26-30-14-6-2-7-15-30)28-50(34-16-8-3-9-17-34,35-18-10-4-11-19-35)36-20-12-5-13-21-36;/h2-25,38,41H,26-29H2,1H3;1H/t38?,41-;/m1./s1. The van der Waals surface area contributed by atoms with Crippen molar-refractivity contribution in [2.45, 2.75) is 24.4 Å². The van der Waals surface area contributed by atoms with Gasteiger partial charge in [-0.15, -0.1) is 11.8 Å². The lowest BCUT2D eigenvalue weighted by Crippen LogP contribution is -3.00. The van der Waals surface area contributed by atoms with E-state index < -0.39 is 24.6 Å². The topological polar surface area (TPSA) is 84.9 Å². The number of nitrogens with one attached hydrogen (secondary N) is 1. The lowest BCUT2D eigenvalue weighted by Gasteiger charge is -2.50. The van der Waals surface area contributed by atoms with Gasteiger partial charge in [0.15, 0.2) is 0 Å². The van der Waals surface area contributed by atoms with E-state index in [-0.39, 0.29) is 54.5 Å². The summed E-state index contributed by atoms with van der Waals surface area (Å²) in [6.45, 7) is 0.0348. The van der Waals surface area contributed by atoms with Gasteiger partial charge in [0, 0.05) is 11.3 Å². The van der Waals surface area contributed by atoms with Gasteiger partial charge < -0.3 is 38.8 Å². The first-order chi connectivity index (χ1) is 25.0. The molecule has 2 amide bonds. The van der Waals surface area contributed by atoms with Gasteiger partial charge in [0.1, 0.15) is 52.6 Å². The maximum Gasteiger partial charge on any atom is 0.355 e. The van der Waals surface area contributed by atoms with Gasteiger partial charge >= 0.3 is 5.97 Å². The van der Waals surface area contributed by atoms with Gasteiger partial charge in [0.05, 0.1) is 19.7 Å². The van der Waals surface area contributed by atoms with Crippen molar-refractivity contribution in [2.24, 2.45) is 0 Å². The van der Waals surface area contributed by atoms with E-state index in [9.17, 15) is 14.4 Å². The highest BCUT2D eigenvalue weighted by Gasteiger charge is 2.56. The third-order valence-corrected chi connectivity index (χ3v) is 15.0. The van der Waals surface area contributed by atoms with E-state index in [0.29, 0.717) is 17.7 Å². The number of ether oxygens (including phenoxy) is 2. The summed E-state index contributed by atoms with van der Waals surface area (Å²) < 4.78 is 11.3. The molecule has 52 heavy (non-hydrogen) atoms. The molecular weight excluding hydrogens is 802 g/mol. The molecule has 5 aromatic rings. The Morgan fingerprint density at radius 1 is 0.750 bits per heavy atom. The highest BCUT2D eigenvalue weighted by atomic mass is 127. The lowest BCUT2D eigenvalue weighted by molar-refractivity contribution is -0.153. The number of benzene rings is 5. The number of amides is 2. The van der Waals surface area contributed by atoms with E-state index in [4.69, 9.17) is 9.47 Å². The second-order valence-corrected chi connectivity index (χ2v) is 17.1. The fourth-order valence-electron chi connectivity index (χ4n) is 6.79. The van der Waals surface area contributed by atoms with E-state index in [2.05, 4.69) is 78.1 Å². The van der Waals surface area contributed by atoms with Crippen molar-refractivity contribution in [3.05, 3.63) is 168 Å². The van der Waals surface area contributed by atoms with Crippen molar-refractivity contribution in [1.82, 2.24) is 10.2 Å². The summed E-state index contributed by atoms with van der Waals surface area (Å²) in [5.41, 5.74) is 2.79. The molecule has 2 heterocycles. The molecule has 0 aromatic heterocycles. The van der Waals surface area contributed by atoms with Crippen molar-refractivity contribution in [3.63, 3.8) is 0 Å². The second kappa shape index (κ2) is 16.9. The molecule has 1 fully saturated rings. The number of β-lactam (4-membered cyclic amide) rings is 1. The van der Waals surface area contributed by atoms with Crippen LogP contribution in [0, 0.1) is 0 Å². The lowest BCUT2D eigenvalue weighted by atomic mass is 10.0. The molecule has 0 spiro atoms. The molecule has 0 aliphatic carbocycles. The van der Waals surface area contributed by atoms with Gasteiger partial charge in [-0.3, -0.25) is 14.5 Å². The van der Waals surface area contributed by atoms with Crippen LogP contribution in [0.5, 0.6) is 5.75 Å². The van der Waals surface area contributed by atoms with Gasteiger partial charge in [-0.2, -0.15) is 0 Å². The van der Waals surface area contributed by atoms with E-state index in [1.807, 2.05) is 72.8 Å². The molecule has 7 nitrogen and oxygen atoms in total. The second-order valence-electron chi connectivity index (χ2n) is 12.5. The fraction of sp³-hybridized carbons (Fsp3) is 0.167. The molecule has 2 aliphatic heterocycles. The number of esters is 1. The zero-order valence-electron chi connectivity index (χ0n) is 28.6. The first-order valence-corrected chi connectivity index (χ1v) is 19.8. The third kappa shape index (κ3) is 7.68. The Hall–Kier alpha value is -4.44. The minimum atomic E-state index is -2.40. The molecular formula is C42H38IN2O5PS. The smallest absolute Gasteiger partial charge is 0.355 e. The number of hydrogen-bond donors (Lipinski definition) is 1. The van der Waals surface area contributed by atoms with E-state index in [1.165, 1.54) is 15.9 Å². The van der Waals surface area contributed by atoms with Crippen LogP contribution in [0.25, 0.3) is 0 Å². The number of halogens is 1. The Morgan fingerprint density at radius 3 is 1.79 bits per heavy atom. The Kier molecular flexibility index (Phi) is 12.1. The highest BCUT2D eigenvalue weighted by molar-refractivity contribution is 8.00. The van der Waals surface area contributed by atoms with Crippen LogP contribution in [0.2, 0.25) is 0 Å². The van der Waals surface area contributed by atoms with Gasteiger partial charge in [-0.1, -0.05) is 97.1 Å². The summed E-state index contributed by atoms with van der Waals surface area (Å²) in [6.07, 6.45) is 0.699. The van der Waals surface area contributed by atoms with Gasteiger partial charge in [0.25, 0.3) is 5.91 Å². The third-order valence-electron chi connectivity index (χ3n) is 9.31. The van der Waals surface area contributed by atoms with Crippen LogP contribution in [0.4, 0.5) is 0 Å². The monoisotopic (exact) mass is 840 g/mol. The quantitative estimate of drug-likeness (QED) is 0.0902. The number of carbonyl (C=O) groups is 3. The fourth-order valence-corrected chi connectivity index (χ4v) is 12.6. The van der Waals surface area contributed by atoms with Crippen LogP contribution in [0.1, 0.15) is 11.1 Å². The van der Waals surface area contributed by atoms with Crippen molar-refractivity contribution < 1.29 is 47.8 Å². The Morgan fingerprint density at radius 2 is 1.27 bits per heavy atom. The highest BCUT2D eigenvalue weighted by Crippen LogP contribution is 2.58. The summed E-state index contributed by atoms with van der Waals surface area (Å²) in [5, 5.41) is 6.05. The van der Waals surface area contributed by atoms with Crippen molar-refractivity contribution >= 4 is 52.7 Å². The molecule has 0 saturated carbocycles. The normalized spacial score (nSPS) is 16.6. The summed E-state index contributed by atoms with van der Waals surface area (Å²) >= 11 is 1.58. The summed E-state index contributed by atoms with van der Waals surface area (Å²) in [6, 6.07) is 47.4. The van der Waals surface area contributed by atoms with E-state index >= 15 is 0 Å². The molecule has 5 aromatic carbocycles. The Balaban J connectivity index is 0.00000464. The van der Waals surface area contributed by atoms with Gasteiger partial charge in [-0.25, -0.2) is 4.79 Å². The maximum atomic E-state index is 14.3. The zero-order valence-corrected chi connectivity index (χ0v) is 32.4. The van der Waals surface area contributed by atoms with Gasteiger partial charge in [-0.05, 0) is 59.7 Å². The molecule has 2 atom stereocenters.